The Morgan fingerprint density at radius 3 is 2.42 bits per heavy atom. The fourth-order valence-corrected chi connectivity index (χ4v) is 1.81. The summed E-state index contributed by atoms with van der Waals surface area (Å²) in [7, 11) is 2.04. The Labute approximate surface area is 113 Å². The van der Waals surface area contributed by atoms with Crippen molar-refractivity contribution in [1.82, 2.24) is 0 Å². The second-order valence-electron chi connectivity index (χ2n) is 3.55. The molecule has 0 heterocycles. The first-order valence-electron chi connectivity index (χ1n) is 5.31. The Bertz CT molecular complexity index is 474. The van der Waals surface area contributed by atoms with Crippen molar-refractivity contribution in [2.75, 3.05) is 5.32 Å². The molecule has 19 heavy (non-hydrogen) atoms. The van der Waals surface area contributed by atoms with Gasteiger partial charge in [-0.2, -0.15) is 0 Å². The first kappa shape index (κ1) is 15.5. The zero-order valence-electron chi connectivity index (χ0n) is 9.88. The van der Waals surface area contributed by atoms with E-state index in [2.05, 4.69) is 18.8 Å². The molecule has 0 radical (unpaired) electrons. The summed E-state index contributed by atoms with van der Waals surface area (Å²) in [5.41, 5.74) is 1.29. The molecular formula is C11H13NO5P2. The lowest BCUT2D eigenvalue weighted by molar-refractivity contribution is -0.144. The largest absolute Gasteiger partial charge is 0.481 e. The van der Waals surface area contributed by atoms with Crippen molar-refractivity contribution >= 4 is 41.0 Å². The molecule has 0 saturated heterocycles. The standard InChI is InChI=1S/C11H13NO5P2/c13-9(14)6-3-7-1-4-8(5-2-7)12-10(15)11(16)17-19-18/h1-2,4-5,19H,3,6,18H2,(H,12,15)(H,13,14). The summed E-state index contributed by atoms with van der Waals surface area (Å²) in [5.74, 6) is -2.64. The average Bonchev–Trinajstić information content (AvgIpc) is 2.38. The van der Waals surface area contributed by atoms with E-state index in [0.717, 1.165) is 5.56 Å². The minimum Gasteiger partial charge on any atom is -0.481 e. The SMILES string of the molecule is O=C(O)CCc1ccc(NC(=O)C(=O)OPP)cc1. The summed E-state index contributed by atoms with van der Waals surface area (Å²) in [5, 5.41) is 10.9. The molecule has 0 aromatic heterocycles. The fourth-order valence-electron chi connectivity index (χ4n) is 1.29. The van der Waals surface area contributed by atoms with Crippen LogP contribution in [0.1, 0.15) is 12.0 Å². The van der Waals surface area contributed by atoms with Crippen LogP contribution in [0.15, 0.2) is 24.3 Å². The van der Waals surface area contributed by atoms with Gasteiger partial charge in [0.05, 0.1) is 8.50 Å². The number of hydrogen-bond donors (Lipinski definition) is 2. The third-order valence-corrected chi connectivity index (χ3v) is 2.83. The van der Waals surface area contributed by atoms with Gasteiger partial charge in [-0.05, 0) is 24.1 Å². The Hall–Kier alpha value is -1.51. The highest BCUT2D eigenvalue weighted by Crippen LogP contribution is 2.21. The molecule has 0 aliphatic rings. The van der Waals surface area contributed by atoms with Crippen LogP contribution >= 0.6 is 17.4 Å². The highest BCUT2D eigenvalue weighted by atomic mass is 32.0. The van der Waals surface area contributed by atoms with E-state index in [1.807, 2.05) is 0 Å². The number of benzene rings is 1. The van der Waals surface area contributed by atoms with Gasteiger partial charge in [0.15, 0.2) is 0 Å². The highest BCUT2D eigenvalue weighted by molar-refractivity contribution is 8.00. The number of hydrogen-bond acceptors (Lipinski definition) is 4. The molecular weight excluding hydrogens is 288 g/mol. The van der Waals surface area contributed by atoms with Crippen LogP contribution in [0.25, 0.3) is 0 Å². The number of carbonyl (C=O) groups is 3. The zero-order chi connectivity index (χ0) is 14.3. The van der Waals surface area contributed by atoms with E-state index in [9.17, 15) is 14.4 Å². The molecule has 0 aliphatic heterocycles. The minimum atomic E-state index is -0.941. The molecule has 0 saturated carbocycles. The van der Waals surface area contributed by atoms with Gasteiger partial charge in [0, 0.05) is 12.1 Å². The quantitative estimate of drug-likeness (QED) is 0.636. The lowest BCUT2D eigenvalue weighted by atomic mass is 10.1. The number of nitrogens with one attached hydrogen (secondary N) is 1. The molecule has 1 aromatic rings. The summed E-state index contributed by atoms with van der Waals surface area (Å²) in [6.45, 7) is 0. The maximum Gasteiger partial charge on any atom is 0.399 e. The molecule has 0 aliphatic carbocycles. The summed E-state index contributed by atoms with van der Waals surface area (Å²) in [6, 6.07) is 6.60. The number of carboxylic acids is 1. The highest BCUT2D eigenvalue weighted by Gasteiger charge is 2.14. The number of carbonyl (C=O) groups excluding carboxylic acids is 2. The lowest BCUT2D eigenvalue weighted by Crippen LogP contribution is -2.22. The van der Waals surface area contributed by atoms with E-state index in [1.54, 1.807) is 24.3 Å². The number of amides is 1. The van der Waals surface area contributed by atoms with E-state index < -0.39 is 17.8 Å². The molecule has 8 heteroatoms. The third kappa shape index (κ3) is 5.77. The van der Waals surface area contributed by atoms with Crippen LogP contribution in [-0.2, 0) is 25.3 Å². The first-order chi connectivity index (χ1) is 9.02. The van der Waals surface area contributed by atoms with E-state index in [1.165, 1.54) is 0 Å². The van der Waals surface area contributed by atoms with Gasteiger partial charge >= 0.3 is 17.8 Å². The van der Waals surface area contributed by atoms with E-state index in [4.69, 9.17) is 5.11 Å². The van der Waals surface area contributed by atoms with E-state index >= 15 is 0 Å². The molecule has 102 valence electrons. The van der Waals surface area contributed by atoms with Crippen molar-refractivity contribution in [3.05, 3.63) is 29.8 Å². The molecule has 0 bridgehead atoms. The fraction of sp³-hybridized carbons (Fsp3) is 0.182. The molecule has 2 atom stereocenters. The van der Waals surface area contributed by atoms with E-state index in [0.29, 0.717) is 12.1 Å². The first-order valence-corrected chi connectivity index (χ1v) is 8.03. The number of anilines is 1. The van der Waals surface area contributed by atoms with Crippen LogP contribution in [-0.4, -0.2) is 23.0 Å². The summed E-state index contributed by atoms with van der Waals surface area (Å²) in [4.78, 5) is 32.8. The number of rotatable bonds is 5. The van der Waals surface area contributed by atoms with Crippen molar-refractivity contribution < 1.29 is 24.0 Å². The lowest BCUT2D eigenvalue weighted by Gasteiger charge is -2.05. The van der Waals surface area contributed by atoms with Crippen molar-refractivity contribution in [3.8, 4) is 0 Å². The van der Waals surface area contributed by atoms with Crippen molar-refractivity contribution in [3.63, 3.8) is 0 Å². The van der Waals surface area contributed by atoms with Gasteiger partial charge in [0.1, 0.15) is 0 Å². The maximum absolute atomic E-state index is 11.3. The van der Waals surface area contributed by atoms with Gasteiger partial charge in [-0.1, -0.05) is 21.1 Å². The predicted octanol–water partition coefficient (Wildman–Crippen LogP) is 1.57. The van der Waals surface area contributed by atoms with Gasteiger partial charge in [-0.15, -0.1) is 0 Å². The van der Waals surface area contributed by atoms with Crippen LogP contribution < -0.4 is 5.32 Å². The molecule has 1 aromatic carbocycles. The molecule has 1 rings (SSSR count). The zero-order valence-corrected chi connectivity index (χ0v) is 12.0. The smallest absolute Gasteiger partial charge is 0.399 e. The minimum absolute atomic E-state index is 0.0487. The number of aryl methyl sites for hydroxylation is 1. The molecule has 6 nitrogen and oxygen atoms in total. The van der Waals surface area contributed by atoms with E-state index in [-0.39, 0.29) is 14.9 Å². The van der Waals surface area contributed by atoms with Crippen LogP contribution in [0.5, 0.6) is 0 Å². The average molecular weight is 301 g/mol. The Morgan fingerprint density at radius 1 is 1.26 bits per heavy atom. The second kappa shape index (κ2) is 7.82. The Kier molecular flexibility index (Phi) is 6.40. The summed E-state index contributed by atoms with van der Waals surface area (Å²) < 4.78 is 4.54. The summed E-state index contributed by atoms with van der Waals surface area (Å²) in [6.07, 6.45) is 0.465. The molecule has 1 amide bonds. The number of aliphatic carboxylic acids is 1. The van der Waals surface area contributed by atoms with Crippen molar-refractivity contribution in [2.24, 2.45) is 0 Å². The topological polar surface area (TPSA) is 92.7 Å². The van der Waals surface area contributed by atoms with Crippen LogP contribution in [0, 0.1) is 0 Å². The monoisotopic (exact) mass is 301 g/mol. The Balaban J connectivity index is 2.54. The summed E-state index contributed by atoms with van der Waals surface area (Å²) >= 11 is 0. The third-order valence-electron chi connectivity index (χ3n) is 2.18. The van der Waals surface area contributed by atoms with Gasteiger partial charge in [0.25, 0.3) is 0 Å². The van der Waals surface area contributed by atoms with Gasteiger partial charge in [-0.25, -0.2) is 4.79 Å². The molecule has 0 spiro atoms. The van der Waals surface area contributed by atoms with Crippen LogP contribution in [0.2, 0.25) is 0 Å². The predicted molar refractivity (Wildman–Crippen MR) is 75.1 cm³/mol. The van der Waals surface area contributed by atoms with Gasteiger partial charge < -0.3 is 14.9 Å². The van der Waals surface area contributed by atoms with Crippen LogP contribution in [0.4, 0.5) is 5.69 Å². The van der Waals surface area contributed by atoms with Crippen molar-refractivity contribution in [1.29, 1.82) is 0 Å². The maximum atomic E-state index is 11.3. The van der Waals surface area contributed by atoms with Gasteiger partial charge in [0.2, 0.25) is 0 Å². The van der Waals surface area contributed by atoms with Crippen LogP contribution in [0.3, 0.4) is 0 Å². The molecule has 2 unspecified atom stereocenters. The second-order valence-corrected chi connectivity index (χ2v) is 4.70. The number of carboxylic acid groups (broad SMARTS) is 1. The Morgan fingerprint density at radius 2 is 1.89 bits per heavy atom. The normalized spacial score (nSPS) is 10.4. The van der Waals surface area contributed by atoms with Crippen molar-refractivity contribution in [2.45, 2.75) is 12.8 Å². The molecule has 2 N–H and O–H groups in total. The molecule has 0 fully saturated rings. The van der Waals surface area contributed by atoms with Gasteiger partial charge in [-0.3, -0.25) is 9.59 Å².